The molecule has 0 bridgehead atoms. The molecule has 18 heavy (non-hydrogen) atoms. The summed E-state index contributed by atoms with van der Waals surface area (Å²) in [6.45, 7) is 11.0. The van der Waals surface area contributed by atoms with Crippen molar-refractivity contribution in [2.45, 2.75) is 53.2 Å². The van der Waals surface area contributed by atoms with Crippen LogP contribution in [0.25, 0.3) is 0 Å². The highest BCUT2D eigenvalue weighted by atomic mass is 16.7. The Morgan fingerprint density at radius 2 is 1.67 bits per heavy atom. The van der Waals surface area contributed by atoms with E-state index in [4.69, 9.17) is 14.2 Å². The van der Waals surface area contributed by atoms with Crippen molar-refractivity contribution in [1.82, 2.24) is 0 Å². The zero-order valence-corrected chi connectivity index (χ0v) is 12.2. The molecule has 0 radical (unpaired) electrons. The minimum Gasteiger partial charge on any atom is -0.463 e. The lowest BCUT2D eigenvalue weighted by molar-refractivity contribution is -0.223. The summed E-state index contributed by atoms with van der Waals surface area (Å²) < 4.78 is 16.1. The highest BCUT2D eigenvalue weighted by Gasteiger charge is 2.23. The highest BCUT2D eigenvalue weighted by molar-refractivity contribution is 5.87. The molecule has 0 saturated heterocycles. The molecule has 0 N–H and O–H groups in total. The molecule has 0 amide bonds. The first kappa shape index (κ1) is 17.1. The molecule has 0 saturated carbocycles. The van der Waals surface area contributed by atoms with Gasteiger partial charge >= 0.3 is 5.97 Å². The Kier molecular flexibility index (Phi) is 8.67. The molecule has 4 heteroatoms. The maximum atomic E-state index is 11.4. The monoisotopic (exact) mass is 258 g/mol. The van der Waals surface area contributed by atoms with Crippen molar-refractivity contribution >= 4 is 5.97 Å². The number of rotatable bonds is 9. The minimum absolute atomic E-state index is 0.257. The maximum Gasteiger partial charge on any atom is 0.333 e. The van der Waals surface area contributed by atoms with Crippen molar-refractivity contribution < 1.29 is 19.0 Å². The van der Waals surface area contributed by atoms with Crippen LogP contribution in [0.3, 0.4) is 0 Å². The number of hydrogen-bond donors (Lipinski definition) is 0. The van der Waals surface area contributed by atoms with Gasteiger partial charge in [-0.3, -0.25) is 0 Å². The number of esters is 1. The van der Waals surface area contributed by atoms with E-state index in [1.54, 1.807) is 13.8 Å². The predicted molar refractivity (Wildman–Crippen MR) is 71.3 cm³/mol. The lowest BCUT2D eigenvalue weighted by Crippen LogP contribution is -2.32. The van der Waals surface area contributed by atoms with Gasteiger partial charge < -0.3 is 14.2 Å². The summed E-state index contributed by atoms with van der Waals surface area (Å²) in [5, 5.41) is 0. The van der Waals surface area contributed by atoms with E-state index in [1.807, 2.05) is 26.8 Å². The van der Waals surface area contributed by atoms with Gasteiger partial charge in [-0.05, 0) is 41.0 Å². The summed E-state index contributed by atoms with van der Waals surface area (Å²) >= 11 is 0. The largest absolute Gasteiger partial charge is 0.463 e. The van der Waals surface area contributed by atoms with Crippen LogP contribution in [0, 0.1) is 0 Å². The number of carbonyl (C=O) groups excluding carboxylic acids is 1. The fourth-order valence-electron chi connectivity index (χ4n) is 1.68. The van der Waals surface area contributed by atoms with E-state index >= 15 is 0 Å². The Labute approximate surface area is 110 Å². The summed E-state index contributed by atoms with van der Waals surface area (Å²) in [5.74, 6) is -0.832. The van der Waals surface area contributed by atoms with Crippen molar-refractivity contribution in [3.8, 4) is 0 Å². The molecule has 0 aliphatic heterocycles. The molecule has 0 spiro atoms. The second-order valence-corrected chi connectivity index (χ2v) is 4.15. The number of hydrogen-bond acceptors (Lipinski definition) is 4. The molecular formula is C14H26O4. The first-order chi connectivity index (χ1) is 8.49. The topological polar surface area (TPSA) is 44.8 Å². The first-order valence-electron chi connectivity index (χ1n) is 6.60. The van der Waals surface area contributed by atoms with Crippen molar-refractivity contribution in [2.75, 3.05) is 19.8 Å². The van der Waals surface area contributed by atoms with Crippen LogP contribution in [0.2, 0.25) is 0 Å². The highest BCUT2D eigenvalue weighted by Crippen LogP contribution is 2.20. The Balaban J connectivity index is 4.27. The van der Waals surface area contributed by atoms with E-state index in [0.717, 1.165) is 6.42 Å². The second-order valence-electron chi connectivity index (χ2n) is 4.15. The molecule has 0 aromatic carbocycles. The van der Waals surface area contributed by atoms with E-state index in [2.05, 4.69) is 0 Å². The molecule has 0 unspecified atom stereocenters. The average Bonchev–Trinajstić information content (AvgIpc) is 2.29. The molecule has 106 valence electrons. The summed E-state index contributed by atoms with van der Waals surface area (Å²) in [6, 6.07) is 0. The van der Waals surface area contributed by atoms with Crippen LogP contribution in [0.5, 0.6) is 0 Å². The van der Waals surface area contributed by atoms with Gasteiger partial charge in [0.25, 0.3) is 0 Å². The van der Waals surface area contributed by atoms with Crippen LogP contribution >= 0.6 is 0 Å². The van der Waals surface area contributed by atoms with Crippen LogP contribution in [0.1, 0.15) is 47.5 Å². The van der Waals surface area contributed by atoms with Gasteiger partial charge in [-0.1, -0.05) is 6.08 Å². The van der Waals surface area contributed by atoms with Crippen molar-refractivity contribution in [3.63, 3.8) is 0 Å². The summed E-state index contributed by atoms with van der Waals surface area (Å²) in [5.41, 5.74) is 0.632. The van der Waals surface area contributed by atoms with E-state index in [-0.39, 0.29) is 5.97 Å². The molecule has 0 aliphatic rings. The molecule has 0 atom stereocenters. The quantitative estimate of drug-likeness (QED) is 0.362. The van der Waals surface area contributed by atoms with Crippen LogP contribution in [-0.4, -0.2) is 31.6 Å². The van der Waals surface area contributed by atoms with Crippen LogP contribution < -0.4 is 0 Å². The zero-order chi connectivity index (χ0) is 14.0. The fourth-order valence-corrected chi connectivity index (χ4v) is 1.68. The van der Waals surface area contributed by atoms with Gasteiger partial charge in [0.2, 0.25) is 0 Å². The van der Waals surface area contributed by atoms with Gasteiger partial charge in [-0.2, -0.15) is 0 Å². The maximum absolute atomic E-state index is 11.4. The first-order valence-corrected chi connectivity index (χ1v) is 6.60. The molecule has 0 aromatic heterocycles. The van der Waals surface area contributed by atoms with Crippen LogP contribution in [-0.2, 0) is 19.0 Å². The van der Waals surface area contributed by atoms with Gasteiger partial charge in [0, 0.05) is 25.2 Å². The molecule has 0 fully saturated rings. The summed E-state index contributed by atoms with van der Waals surface area (Å²) in [4.78, 5) is 11.4. The molecule has 0 aromatic rings. The Morgan fingerprint density at radius 3 is 2.11 bits per heavy atom. The van der Waals surface area contributed by atoms with E-state index in [9.17, 15) is 4.79 Å². The van der Waals surface area contributed by atoms with Gasteiger partial charge in [0.1, 0.15) is 0 Å². The molecule has 0 heterocycles. The SMILES string of the molecule is CCOC(=O)C(C)=CCCC(C)(OCC)OCC. The fraction of sp³-hybridized carbons (Fsp3) is 0.786. The van der Waals surface area contributed by atoms with Crippen molar-refractivity contribution in [1.29, 1.82) is 0 Å². The second kappa shape index (κ2) is 9.11. The summed E-state index contributed by atoms with van der Waals surface area (Å²) in [7, 11) is 0. The minimum atomic E-state index is -0.574. The lowest BCUT2D eigenvalue weighted by atomic mass is 10.1. The normalized spacial score (nSPS) is 12.6. The lowest BCUT2D eigenvalue weighted by Gasteiger charge is -2.28. The third kappa shape index (κ3) is 6.77. The van der Waals surface area contributed by atoms with Crippen molar-refractivity contribution in [2.24, 2.45) is 0 Å². The molecule has 0 aliphatic carbocycles. The van der Waals surface area contributed by atoms with E-state index in [0.29, 0.717) is 31.8 Å². The standard InChI is InChI=1S/C14H26O4/c1-6-16-13(15)12(4)10-9-11-14(5,17-7-2)18-8-3/h10H,6-9,11H2,1-5H3. The van der Waals surface area contributed by atoms with Crippen LogP contribution in [0.15, 0.2) is 11.6 Å². The molecule has 0 rings (SSSR count). The zero-order valence-electron chi connectivity index (χ0n) is 12.2. The predicted octanol–water partition coefficient (Wildman–Crippen LogP) is 3.07. The number of carbonyl (C=O) groups is 1. The summed E-state index contributed by atoms with van der Waals surface area (Å²) in [6.07, 6.45) is 3.31. The molecular weight excluding hydrogens is 232 g/mol. The van der Waals surface area contributed by atoms with E-state index < -0.39 is 5.79 Å². The van der Waals surface area contributed by atoms with Gasteiger partial charge in [-0.25, -0.2) is 4.79 Å². The smallest absolute Gasteiger partial charge is 0.333 e. The Bertz CT molecular complexity index is 265. The Hall–Kier alpha value is -0.870. The third-order valence-corrected chi connectivity index (χ3v) is 2.55. The van der Waals surface area contributed by atoms with Crippen molar-refractivity contribution in [3.05, 3.63) is 11.6 Å². The van der Waals surface area contributed by atoms with Gasteiger partial charge in [0.05, 0.1) is 6.61 Å². The van der Waals surface area contributed by atoms with Gasteiger partial charge in [-0.15, -0.1) is 0 Å². The number of ether oxygens (including phenoxy) is 3. The van der Waals surface area contributed by atoms with Crippen LogP contribution in [0.4, 0.5) is 0 Å². The average molecular weight is 258 g/mol. The number of allylic oxidation sites excluding steroid dienone is 1. The van der Waals surface area contributed by atoms with Gasteiger partial charge in [0.15, 0.2) is 5.79 Å². The molecule has 4 nitrogen and oxygen atoms in total. The third-order valence-electron chi connectivity index (χ3n) is 2.55. The van der Waals surface area contributed by atoms with E-state index in [1.165, 1.54) is 0 Å². The Morgan fingerprint density at radius 1 is 1.11 bits per heavy atom.